The lowest BCUT2D eigenvalue weighted by molar-refractivity contribution is 0.318. The van der Waals surface area contributed by atoms with Gasteiger partial charge in [0, 0.05) is 11.3 Å². The second-order valence-electron chi connectivity index (χ2n) is 4.67. The fraction of sp³-hybridized carbons (Fsp3) is 0.333. The Kier molecular flexibility index (Phi) is 4.40. The van der Waals surface area contributed by atoms with Gasteiger partial charge in [-0.2, -0.15) is 5.10 Å². The second-order valence-corrected chi connectivity index (χ2v) is 4.67. The van der Waals surface area contributed by atoms with E-state index in [-0.39, 0.29) is 5.84 Å². The molecule has 0 aliphatic carbocycles. The first-order valence-corrected chi connectivity index (χ1v) is 6.80. The number of amidine groups is 1. The van der Waals surface area contributed by atoms with Crippen LogP contribution in [0.3, 0.4) is 0 Å². The highest BCUT2D eigenvalue weighted by Gasteiger charge is 2.06. The van der Waals surface area contributed by atoms with Crippen molar-refractivity contribution in [1.29, 1.82) is 0 Å². The van der Waals surface area contributed by atoms with E-state index in [1.54, 1.807) is 0 Å². The van der Waals surface area contributed by atoms with Gasteiger partial charge < -0.3 is 10.9 Å². The Bertz CT molecular complexity index is 599. The van der Waals surface area contributed by atoms with Crippen LogP contribution in [-0.2, 0) is 19.4 Å². The Morgan fingerprint density at radius 2 is 1.95 bits per heavy atom. The van der Waals surface area contributed by atoms with Crippen molar-refractivity contribution in [3.63, 3.8) is 0 Å². The van der Waals surface area contributed by atoms with Gasteiger partial charge in [0.15, 0.2) is 5.84 Å². The number of aromatic nitrogens is 2. The molecule has 0 unspecified atom stereocenters. The summed E-state index contributed by atoms with van der Waals surface area (Å²) in [5, 5.41) is 16.2. The lowest BCUT2D eigenvalue weighted by atomic mass is 10.1. The van der Waals surface area contributed by atoms with E-state index in [0.29, 0.717) is 5.56 Å². The molecule has 1 aromatic heterocycles. The van der Waals surface area contributed by atoms with Crippen molar-refractivity contribution in [2.24, 2.45) is 10.9 Å². The number of nitrogens with two attached hydrogens (primary N) is 1. The predicted molar refractivity (Wildman–Crippen MR) is 79.0 cm³/mol. The molecule has 0 radical (unpaired) electrons. The van der Waals surface area contributed by atoms with Crippen LogP contribution in [0.5, 0.6) is 0 Å². The largest absolute Gasteiger partial charge is 0.409 e. The van der Waals surface area contributed by atoms with E-state index in [9.17, 15) is 0 Å². The molecule has 5 nitrogen and oxygen atoms in total. The number of hydrogen-bond donors (Lipinski definition) is 2. The molecule has 1 heterocycles. The van der Waals surface area contributed by atoms with Crippen LogP contribution in [0.2, 0.25) is 0 Å². The second kappa shape index (κ2) is 6.23. The van der Waals surface area contributed by atoms with Crippen molar-refractivity contribution in [2.45, 2.75) is 33.2 Å². The molecule has 0 aliphatic rings. The molecule has 5 heteroatoms. The van der Waals surface area contributed by atoms with Gasteiger partial charge >= 0.3 is 0 Å². The summed E-state index contributed by atoms with van der Waals surface area (Å²) in [5.74, 6) is 0.123. The van der Waals surface area contributed by atoms with Crippen molar-refractivity contribution >= 4 is 5.84 Å². The number of hydrogen-bond acceptors (Lipinski definition) is 3. The summed E-state index contributed by atoms with van der Waals surface area (Å²) in [4.78, 5) is 0. The molecule has 0 aliphatic heterocycles. The molecule has 0 saturated carbocycles. The van der Waals surface area contributed by atoms with E-state index >= 15 is 0 Å². The monoisotopic (exact) mass is 272 g/mol. The van der Waals surface area contributed by atoms with Crippen LogP contribution in [0.25, 0.3) is 0 Å². The average molecular weight is 272 g/mol. The number of oxime groups is 1. The van der Waals surface area contributed by atoms with Gasteiger partial charge in [-0.1, -0.05) is 43.3 Å². The molecule has 0 fully saturated rings. The normalized spacial score (nSPS) is 11.8. The van der Waals surface area contributed by atoms with Crippen LogP contribution in [0.1, 0.15) is 36.4 Å². The van der Waals surface area contributed by atoms with Gasteiger partial charge in [-0.15, -0.1) is 0 Å². The van der Waals surface area contributed by atoms with E-state index in [2.05, 4.69) is 30.2 Å². The summed E-state index contributed by atoms with van der Waals surface area (Å²) in [6.07, 6.45) is 1.91. The Labute approximate surface area is 118 Å². The smallest absolute Gasteiger partial charge is 0.170 e. The lowest BCUT2D eigenvalue weighted by Crippen LogP contribution is -2.13. The SMILES string of the molecule is CCc1cc(CC)n(Cc2ccc(/C(N)=N/O)cc2)n1. The molecular weight excluding hydrogens is 252 g/mol. The van der Waals surface area contributed by atoms with Crippen LogP contribution >= 0.6 is 0 Å². The summed E-state index contributed by atoms with van der Waals surface area (Å²) in [5.41, 5.74) is 9.75. The Balaban J connectivity index is 2.19. The van der Waals surface area contributed by atoms with Crippen molar-refractivity contribution in [3.8, 4) is 0 Å². The van der Waals surface area contributed by atoms with Gasteiger partial charge in [0.05, 0.1) is 12.2 Å². The standard InChI is InChI=1S/C15H20N4O/c1-3-13-9-14(4-2)19(17-13)10-11-5-7-12(8-6-11)15(16)18-20/h5-9,20H,3-4,10H2,1-2H3,(H2,16,18). The zero-order valence-corrected chi connectivity index (χ0v) is 11.9. The first-order chi connectivity index (χ1) is 9.67. The van der Waals surface area contributed by atoms with E-state index in [1.807, 2.05) is 28.9 Å². The Morgan fingerprint density at radius 3 is 2.50 bits per heavy atom. The molecule has 2 rings (SSSR count). The minimum absolute atomic E-state index is 0.123. The minimum Gasteiger partial charge on any atom is -0.409 e. The Morgan fingerprint density at radius 1 is 1.25 bits per heavy atom. The summed E-state index contributed by atoms with van der Waals surface area (Å²) >= 11 is 0. The highest BCUT2D eigenvalue weighted by Crippen LogP contribution is 2.11. The third kappa shape index (κ3) is 2.99. The maximum atomic E-state index is 8.64. The van der Waals surface area contributed by atoms with Gasteiger partial charge in [0.1, 0.15) is 0 Å². The van der Waals surface area contributed by atoms with Crippen LogP contribution in [0.15, 0.2) is 35.5 Å². The summed E-state index contributed by atoms with van der Waals surface area (Å²) in [6.45, 7) is 4.98. The summed E-state index contributed by atoms with van der Waals surface area (Å²) in [7, 11) is 0. The molecule has 20 heavy (non-hydrogen) atoms. The van der Waals surface area contributed by atoms with Gasteiger partial charge in [-0.3, -0.25) is 4.68 Å². The highest BCUT2D eigenvalue weighted by molar-refractivity contribution is 5.96. The third-order valence-corrected chi connectivity index (χ3v) is 3.33. The van der Waals surface area contributed by atoms with Crippen LogP contribution in [0.4, 0.5) is 0 Å². The molecule has 3 N–H and O–H groups in total. The molecule has 106 valence electrons. The van der Waals surface area contributed by atoms with Crippen LogP contribution < -0.4 is 5.73 Å². The molecular formula is C15H20N4O. The molecule has 0 bridgehead atoms. The summed E-state index contributed by atoms with van der Waals surface area (Å²) < 4.78 is 2.04. The average Bonchev–Trinajstić information content (AvgIpc) is 2.89. The maximum absolute atomic E-state index is 8.64. The predicted octanol–water partition coefficient (Wildman–Crippen LogP) is 2.15. The first-order valence-electron chi connectivity index (χ1n) is 6.80. The lowest BCUT2D eigenvalue weighted by Gasteiger charge is -2.07. The van der Waals surface area contributed by atoms with Crippen molar-refractivity contribution in [1.82, 2.24) is 9.78 Å². The van der Waals surface area contributed by atoms with Crippen molar-refractivity contribution < 1.29 is 5.21 Å². The van der Waals surface area contributed by atoms with Crippen molar-refractivity contribution in [2.75, 3.05) is 0 Å². The fourth-order valence-corrected chi connectivity index (χ4v) is 2.12. The van der Waals surface area contributed by atoms with Crippen molar-refractivity contribution in [3.05, 3.63) is 52.8 Å². The van der Waals surface area contributed by atoms with Gasteiger partial charge in [0.25, 0.3) is 0 Å². The van der Waals surface area contributed by atoms with E-state index in [0.717, 1.165) is 30.6 Å². The molecule has 0 atom stereocenters. The number of nitrogens with zero attached hydrogens (tertiary/aromatic N) is 3. The topological polar surface area (TPSA) is 76.4 Å². The number of rotatable bonds is 5. The molecule has 0 saturated heterocycles. The maximum Gasteiger partial charge on any atom is 0.170 e. The quantitative estimate of drug-likeness (QED) is 0.379. The molecule has 0 amide bonds. The fourth-order valence-electron chi connectivity index (χ4n) is 2.12. The van der Waals surface area contributed by atoms with Gasteiger partial charge in [-0.25, -0.2) is 0 Å². The van der Waals surface area contributed by atoms with Gasteiger partial charge in [0.2, 0.25) is 0 Å². The van der Waals surface area contributed by atoms with Crippen LogP contribution in [-0.4, -0.2) is 20.8 Å². The van der Waals surface area contributed by atoms with E-state index in [1.165, 1.54) is 5.69 Å². The molecule has 0 spiro atoms. The van der Waals surface area contributed by atoms with Crippen LogP contribution in [0, 0.1) is 0 Å². The minimum atomic E-state index is 0.123. The van der Waals surface area contributed by atoms with E-state index < -0.39 is 0 Å². The molecule has 1 aromatic carbocycles. The van der Waals surface area contributed by atoms with E-state index in [4.69, 9.17) is 10.9 Å². The summed E-state index contributed by atoms with van der Waals surface area (Å²) in [6, 6.07) is 9.80. The Hall–Kier alpha value is -2.30. The zero-order valence-electron chi connectivity index (χ0n) is 11.9. The molecule has 2 aromatic rings. The number of aryl methyl sites for hydroxylation is 2. The highest BCUT2D eigenvalue weighted by atomic mass is 16.4. The number of benzene rings is 1. The van der Waals surface area contributed by atoms with Gasteiger partial charge in [-0.05, 0) is 24.5 Å². The first kappa shape index (κ1) is 14.1. The zero-order chi connectivity index (χ0) is 14.5. The third-order valence-electron chi connectivity index (χ3n) is 3.33.